The van der Waals surface area contributed by atoms with Gasteiger partial charge in [0, 0.05) is 6.04 Å². The Bertz CT molecular complexity index is 191. The molecule has 1 aliphatic carbocycles. The molecule has 0 N–H and O–H groups in total. The lowest BCUT2D eigenvalue weighted by atomic mass is 9.83. The Hall–Kier alpha value is -0.0800. The van der Waals surface area contributed by atoms with Gasteiger partial charge in [-0.1, -0.05) is 6.42 Å². The monoisotopic (exact) mass is 197 g/mol. The van der Waals surface area contributed by atoms with Crippen LogP contribution < -0.4 is 0 Å². The molecule has 1 saturated heterocycles. The fourth-order valence-corrected chi connectivity index (χ4v) is 3.20. The molecule has 3 unspecified atom stereocenters. The first-order valence-electron chi connectivity index (χ1n) is 6.04. The van der Waals surface area contributed by atoms with Crippen LogP contribution in [0.2, 0.25) is 0 Å². The van der Waals surface area contributed by atoms with Crippen molar-refractivity contribution in [2.24, 2.45) is 5.92 Å². The minimum Gasteiger partial charge on any atom is -0.374 e. The van der Waals surface area contributed by atoms with E-state index in [1.165, 1.54) is 32.2 Å². The lowest BCUT2D eigenvalue weighted by Crippen LogP contribution is -2.45. The lowest BCUT2D eigenvalue weighted by Gasteiger charge is -2.38. The van der Waals surface area contributed by atoms with Gasteiger partial charge < -0.3 is 9.64 Å². The van der Waals surface area contributed by atoms with Gasteiger partial charge in [0.05, 0.1) is 12.2 Å². The van der Waals surface area contributed by atoms with Gasteiger partial charge in [0.25, 0.3) is 0 Å². The average Bonchev–Trinajstić information content (AvgIpc) is 2.48. The van der Waals surface area contributed by atoms with Gasteiger partial charge in [0.2, 0.25) is 0 Å². The minimum atomic E-state index is 0.382. The molecule has 2 heteroatoms. The second-order valence-corrected chi connectivity index (χ2v) is 5.17. The van der Waals surface area contributed by atoms with Crippen molar-refractivity contribution in [3.8, 4) is 0 Å². The van der Waals surface area contributed by atoms with Gasteiger partial charge in [0.1, 0.15) is 0 Å². The topological polar surface area (TPSA) is 12.5 Å². The summed E-state index contributed by atoms with van der Waals surface area (Å²) >= 11 is 0. The molecule has 2 fully saturated rings. The molecule has 0 amide bonds. The molecule has 0 aromatic carbocycles. The third-order valence-corrected chi connectivity index (χ3v) is 3.74. The molecule has 0 bridgehead atoms. The van der Waals surface area contributed by atoms with Crippen molar-refractivity contribution in [1.82, 2.24) is 4.90 Å². The van der Waals surface area contributed by atoms with Crippen LogP contribution in [0.1, 0.15) is 39.5 Å². The van der Waals surface area contributed by atoms with Gasteiger partial charge in [-0.2, -0.15) is 0 Å². The molecule has 0 spiro atoms. The number of ether oxygens (including phenoxy) is 1. The van der Waals surface area contributed by atoms with Crippen LogP contribution in [0.15, 0.2) is 0 Å². The van der Waals surface area contributed by atoms with Crippen LogP contribution in [0.3, 0.4) is 0 Å². The van der Waals surface area contributed by atoms with Crippen molar-refractivity contribution in [1.29, 1.82) is 0 Å². The molecular weight excluding hydrogens is 174 g/mol. The summed E-state index contributed by atoms with van der Waals surface area (Å²) in [6.07, 6.45) is 6.33. The Kier molecular flexibility index (Phi) is 3.13. The van der Waals surface area contributed by atoms with Crippen LogP contribution in [0.5, 0.6) is 0 Å². The normalized spacial score (nSPS) is 39.0. The summed E-state index contributed by atoms with van der Waals surface area (Å²) in [6.45, 7) is 5.57. The molecule has 0 aromatic heterocycles. The number of nitrogens with zero attached hydrogens (tertiary/aromatic N) is 1. The highest BCUT2D eigenvalue weighted by atomic mass is 16.5. The second kappa shape index (κ2) is 4.19. The molecular formula is C12H23NO. The Morgan fingerprint density at radius 1 is 1.21 bits per heavy atom. The van der Waals surface area contributed by atoms with E-state index in [2.05, 4.69) is 25.8 Å². The summed E-state index contributed by atoms with van der Waals surface area (Å²) in [5.74, 6) is 0.914. The highest BCUT2D eigenvalue weighted by molar-refractivity contribution is 4.94. The number of hydrogen-bond acceptors (Lipinski definition) is 2. The first-order chi connectivity index (χ1) is 6.68. The summed E-state index contributed by atoms with van der Waals surface area (Å²) in [7, 11) is 2.26. The number of rotatable bonds is 2. The Labute approximate surface area is 87.6 Å². The highest BCUT2D eigenvalue weighted by Crippen LogP contribution is 2.37. The zero-order valence-electron chi connectivity index (χ0n) is 9.70. The van der Waals surface area contributed by atoms with Gasteiger partial charge in [-0.25, -0.2) is 0 Å². The maximum Gasteiger partial charge on any atom is 0.0736 e. The zero-order chi connectivity index (χ0) is 10.1. The van der Waals surface area contributed by atoms with Crippen LogP contribution >= 0.6 is 0 Å². The smallest absolute Gasteiger partial charge is 0.0736 e. The molecule has 3 atom stereocenters. The van der Waals surface area contributed by atoms with Gasteiger partial charge in [-0.3, -0.25) is 0 Å². The number of hydrogen-bond donors (Lipinski definition) is 0. The van der Waals surface area contributed by atoms with E-state index >= 15 is 0 Å². The van der Waals surface area contributed by atoms with E-state index in [0.717, 1.165) is 5.92 Å². The fourth-order valence-electron chi connectivity index (χ4n) is 3.20. The van der Waals surface area contributed by atoms with Crippen LogP contribution in [0, 0.1) is 5.92 Å². The average molecular weight is 197 g/mol. The highest BCUT2D eigenvalue weighted by Gasteiger charge is 2.40. The molecule has 2 aliphatic rings. The van der Waals surface area contributed by atoms with E-state index in [0.29, 0.717) is 18.2 Å². The molecule has 1 aliphatic heterocycles. The van der Waals surface area contributed by atoms with Gasteiger partial charge in [-0.05, 0) is 52.6 Å². The van der Waals surface area contributed by atoms with E-state index in [4.69, 9.17) is 4.74 Å². The van der Waals surface area contributed by atoms with Crippen molar-refractivity contribution in [3.63, 3.8) is 0 Å². The number of fused-ring (bicyclic) bond motifs is 1. The maximum absolute atomic E-state index is 6.03. The van der Waals surface area contributed by atoms with E-state index in [-0.39, 0.29) is 0 Å². The summed E-state index contributed by atoms with van der Waals surface area (Å²) in [5, 5.41) is 0. The molecule has 2 rings (SSSR count). The zero-order valence-corrected chi connectivity index (χ0v) is 9.70. The third kappa shape index (κ3) is 1.96. The molecule has 0 radical (unpaired) electrons. The van der Waals surface area contributed by atoms with E-state index in [1.807, 2.05) is 0 Å². The van der Waals surface area contributed by atoms with E-state index in [9.17, 15) is 0 Å². The fraction of sp³-hybridized carbons (Fsp3) is 1.00. The van der Waals surface area contributed by atoms with Crippen molar-refractivity contribution < 1.29 is 4.74 Å². The van der Waals surface area contributed by atoms with Crippen LogP contribution in [0.4, 0.5) is 0 Å². The summed E-state index contributed by atoms with van der Waals surface area (Å²) in [4.78, 5) is 2.51. The Morgan fingerprint density at radius 2 is 2.00 bits per heavy atom. The van der Waals surface area contributed by atoms with Crippen molar-refractivity contribution >= 4 is 0 Å². The largest absolute Gasteiger partial charge is 0.374 e. The van der Waals surface area contributed by atoms with Crippen molar-refractivity contribution in [2.75, 3.05) is 13.6 Å². The summed E-state index contributed by atoms with van der Waals surface area (Å²) in [5.41, 5.74) is 0. The molecule has 2 nitrogen and oxygen atoms in total. The van der Waals surface area contributed by atoms with E-state index in [1.54, 1.807) is 0 Å². The van der Waals surface area contributed by atoms with Crippen LogP contribution in [0.25, 0.3) is 0 Å². The second-order valence-electron chi connectivity index (χ2n) is 5.17. The summed E-state index contributed by atoms with van der Waals surface area (Å²) in [6, 6.07) is 0.714. The Balaban J connectivity index is 2.01. The predicted octanol–water partition coefficient (Wildman–Crippen LogP) is 2.28. The molecule has 0 aromatic rings. The number of likely N-dealkylation sites (N-methyl/N-ethyl adjacent to an activating group) is 1. The molecule has 1 heterocycles. The molecule has 1 saturated carbocycles. The van der Waals surface area contributed by atoms with Gasteiger partial charge in [-0.15, -0.1) is 0 Å². The first-order valence-corrected chi connectivity index (χ1v) is 6.04. The van der Waals surface area contributed by atoms with Crippen LogP contribution in [-0.4, -0.2) is 36.7 Å². The van der Waals surface area contributed by atoms with Crippen molar-refractivity contribution in [3.05, 3.63) is 0 Å². The lowest BCUT2D eigenvalue weighted by molar-refractivity contribution is -0.0589. The maximum atomic E-state index is 6.03. The Morgan fingerprint density at radius 3 is 2.71 bits per heavy atom. The summed E-state index contributed by atoms with van der Waals surface area (Å²) < 4.78 is 6.03. The third-order valence-electron chi connectivity index (χ3n) is 3.74. The molecule has 82 valence electrons. The number of likely N-dealkylation sites (tertiary alicyclic amines) is 1. The van der Waals surface area contributed by atoms with Gasteiger partial charge >= 0.3 is 0 Å². The first kappa shape index (κ1) is 10.4. The quantitative estimate of drug-likeness (QED) is 0.673. The SMILES string of the molecule is CC(C)OC1CCCC2CCN(C)C21. The standard InChI is InChI=1S/C12H23NO/c1-9(2)14-11-6-4-5-10-7-8-13(3)12(10)11/h9-12H,4-8H2,1-3H3. The predicted molar refractivity (Wildman–Crippen MR) is 58.4 cm³/mol. The minimum absolute atomic E-state index is 0.382. The van der Waals surface area contributed by atoms with E-state index < -0.39 is 0 Å². The van der Waals surface area contributed by atoms with Crippen molar-refractivity contribution in [2.45, 2.75) is 57.8 Å². The van der Waals surface area contributed by atoms with Crippen LogP contribution in [-0.2, 0) is 4.74 Å². The van der Waals surface area contributed by atoms with Gasteiger partial charge in [0.15, 0.2) is 0 Å². The molecule has 14 heavy (non-hydrogen) atoms.